The summed E-state index contributed by atoms with van der Waals surface area (Å²) in [4.78, 5) is 0.0647. The van der Waals surface area contributed by atoms with Gasteiger partial charge < -0.3 is 0 Å². The van der Waals surface area contributed by atoms with Gasteiger partial charge in [0.05, 0.1) is 11.8 Å². The van der Waals surface area contributed by atoms with Gasteiger partial charge in [-0.05, 0) is 18.6 Å². The van der Waals surface area contributed by atoms with Crippen LogP contribution in [0.2, 0.25) is 0 Å². The summed E-state index contributed by atoms with van der Waals surface area (Å²) in [5, 5.41) is 12.2. The largest absolute Gasteiger partial charge is 0.358 e. The third kappa shape index (κ3) is 5.10. The molecular formula is C13H16N2O3S. The van der Waals surface area contributed by atoms with E-state index in [0.717, 1.165) is 6.42 Å². The molecule has 0 aliphatic carbocycles. The Morgan fingerprint density at radius 2 is 2.00 bits per heavy atom. The Labute approximate surface area is 113 Å². The molecule has 0 aromatic heterocycles. The lowest BCUT2D eigenvalue weighted by Gasteiger charge is -2.04. The van der Waals surface area contributed by atoms with Crippen molar-refractivity contribution >= 4 is 15.8 Å². The lowest BCUT2D eigenvalue weighted by atomic mass is 10.1. The molecule has 5 nitrogen and oxygen atoms in total. The molecule has 19 heavy (non-hydrogen) atoms. The van der Waals surface area contributed by atoms with Gasteiger partial charge in [-0.15, -0.1) is 0 Å². The van der Waals surface area contributed by atoms with Gasteiger partial charge in [0.1, 0.15) is 4.90 Å². The number of hydrogen-bond donors (Lipinski definition) is 0. The number of rotatable bonds is 7. The van der Waals surface area contributed by atoms with Crippen LogP contribution in [-0.2, 0) is 14.4 Å². The second kappa shape index (κ2) is 7.54. The van der Waals surface area contributed by atoms with E-state index in [1.165, 1.54) is 12.1 Å². The second-order valence-electron chi connectivity index (χ2n) is 3.91. The van der Waals surface area contributed by atoms with Gasteiger partial charge >= 0.3 is 10.1 Å². The Morgan fingerprint density at radius 3 is 2.58 bits per heavy atom. The van der Waals surface area contributed by atoms with E-state index in [9.17, 15) is 8.42 Å². The zero-order valence-corrected chi connectivity index (χ0v) is 11.6. The van der Waals surface area contributed by atoms with Gasteiger partial charge in [0.15, 0.2) is 0 Å². The summed E-state index contributed by atoms with van der Waals surface area (Å²) in [7, 11) is -3.87. The number of nitriles is 1. The first kappa shape index (κ1) is 15.2. The first-order chi connectivity index (χ1) is 9.10. The van der Waals surface area contributed by atoms with Gasteiger partial charge in [-0.1, -0.05) is 36.7 Å². The van der Waals surface area contributed by atoms with E-state index in [2.05, 4.69) is 9.44 Å². The van der Waals surface area contributed by atoms with E-state index in [1.54, 1.807) is 18.2 Å². The van der Waals surface area contributed by atoms with Crippen molar-refractivity contribution in [2.75, 3.05) is 0 Å². The standard InChI is InChI=1S/C13H16N2O3S/c1-2-7-12(8-6-11-14)15-18-19(16,17)13-9-4-3-5-10-13/h3-5,9-10H,2,6-8H2,1H3. The topological polar surface area (TPSA) is 79.5 Å². The highest BCUT2D eigenvalue weighted by atomic mass is 32.2. The lowest BCUT2D eigenvalue weighted by molar-refractivity contribution is 0.336. The van der Waals surface area contributed by atoms with Crippen LogP contribution < -0.4 is 0 Å². The van der Waals surface area contributed by atoms with Crippen molar-refractivity contribution in [1.29, 1.82) is 5.26 Å². The summed E-state index contributed by atoms with van der Waals surface area (Å²) in [6.07, 6.45) is 2.16. The van der Waals surface area contributed by atoms with Crippen LogP contribution in [0, 0.1) is 11.3 Å². The number of hydrogen-bond acceptors (Lipinski definition) is 5. The minimum atomic E-state index is -3.87. The van der Waals surface area contributed by atoms with Gasteiger partial charge in [-0.25, -0.2) is 0 Å². The molecule has 0 bridgehead atoms. The minimum absolute atomic E-state index is 0.0647. The Kier molecular flexibility index (Phi) is 6.03. The fraction of sp³-hybridized carbons (Fsp3) is 0.385. The first-order valence-corrected chi connectivity index (χ1v) is 7.42. The van der Waals surface area contributed by atoms with Crippen molar-refractivity contribution in [3.63, 3.8) is 0 Å². The SMILES string of the molecule is CCCC(CCC#N)=NOS(=O)(=O)c1ccccc1. The summed E-state index contributed by atoms with van der Waals surface area (Å²) in [5.74, 6) is 0. The predicted octanol–water partition coefficient (Wildman–Crippen LogP) is 2.85. The third-order valence-electron chi connectivity index (χ3n) is 2.36. The van der Waals surface area contributed by atoms with Crippen LogP contribution in [0.1, 0.15) is 32.6 Å². The molecule has 0 radical (unpaired) electrons. The molecule has 1 rings (SSSR count). The van der Waals surface area contributed by atoms with Crippen LogP contribution in [0.15, 0.2) is 40.4 Å². The molecule has 0 saturated heterocycles. The number of benzene rings is 1. The predicted molar refractivity (Wildman–Crippen MR) is 71.9 cm³/mol. The smallest absolute Gasteiger partial charge is 0.265 e. The highest BCUT2D eigenvalue weighted by Gasteiger charge is 2.15. The molecule has 0 N–H and O–H groups in total. The zero-order valence-electron chi connectivity index (χ0n) is 10.7. The van der Waals surface area contributed by atoms with Crippen molar-refractivity contribution in [1.82, 2.24) is 0 Å². The maximum absolute atomic E-state index is 11.8. The highest BCUT2D eigenvalue weighted by Crippen LogP contribution is 2.12. The molecule has 0 amide bonds. The normalized spacial score (nSPS) is 11.9. The van der Waals surface area contributed by atoms with Gasteiger partial charge in [-0.2, -0.15) is 13.7 Å². The van der Waals surface area contributed by atoms with Crippen molar-refractivity contribution in [3.8, 4) is 6.07 Å². The number of nitrogens with zero attached hydrogens (tertiary/aromatic N) is 2. The fourth-order valence-corrected chi connectivity index (χ4v) is 2.22. The van der Waals surface area contributed by atoms with E-state index >= 15 is 0 Å². The van der Waals surface area contributed by atoms with Crippen LogP contribution in [0.25, 0.3) is 0 Å². The van der Waals surface area contributed by atoms with Crippen LogP contribution >= 0.6 is 0 Å². The maximum Gasteiger partial charge on any atom is 0.358 e. The summed E-state index contributed by atoms with van der Waals surface area (Å²) in [5.41, 5.74) is 0.587. The van der Waals surface area contributed by atoms with Crippen LogP contribution in [0.3, 0.4) is 0 Å². The summed E-state index contributed by atoms with van der Waals surface area (Å²) >= 11 is 0. The van der Waals surface area contributed by atoms with E-state index in [4.69, 9.17) is 5.26 Å². The molecule has 0 fully saturated rings. The van der Waals surface area contributed by atoms with Crippen molar-refractivity contribution in [3.05, 3.63) is 30.3 Å². The van der Waals surface area contributed by atoms with E-state index in [-0.39, 0.29) is 4.90 Å². The molecule has 102 valence electrons. The summed E-state index contributed by atoms with van der Waals surface area (Å²) in [6, 6.07) is 9.84. The fourth-order valence-electron chi connectivity index (χ4n) is 1.44. The molecule has 0 unspecified atom stereocenters. The molecule has 6 heteroatoms. The molecule has 0 saturated carbocycles. The quantitative estimate of drug-likeness (QED) is 0.568. The molecular weight excluding hydrogens is 264 g/mol. The Bertz CT molecular complexity index is 559. The average Bonchev–Trinajstić information content (AvgIpc) is 2.43. The molecule has 1 aromatic carbocycles. The van der Waals surface area contributed by atoms with Gasteiger partial charge in [0, 0.05) is 12.8 Å². The van der Waals surface area contributed by atoms with Gasteiger partial charge in [-0.3, -0.25) is 4.28 Å². The van der Waals surface area contributed by atoms with Crippen LogP contribution in [0.4, 0.5) is 0 Å². The maximum atomic E-state index is 11.8. The van der Waals surface area contributed by atoms with Gasteiger partial charge in [0.25, 0.3) is 0 Å². The Morgan fingerprint density at radius 1 is 1.32 bits per heavy atom. The van der Waals surface area contributed by atoms with Crippen molar-refractivity contribution in [2.45, 2.75) is 37.5 Å². The van der Waals surface area contributed by atoms with E-state index in [0.29, 0.717) is 25.0 Å². The van der Waals surface area contributed by atoms with E-state index < -0.39 is 10.1 Å². The minimum Gasteiger partial charge on any atom is -0.265 e. The van der Waals surface area contributed by atoms with Crippen LogP contribution in [-0.4, -0.2) is 14.1 Å². The second-order valence-corrected chi connectivity index (χ2v) is 5.44. The molecule has 0 aliphatic heterocycles. The van der Waals surface area contributed by atoms with E-state index in [1.807, 2.05) is 13.0 Å². The Hall–Kier alpha value is -1.87. The van der Waals surface area contributed by atoms with Crippen molar-refractivity contribution < 1.29 is 12.7 Å². The van der Waals surface area contributed by atoms with Crippen LogP contribution in [0.5, 0.6) is 0 Å². The summed E-state index contributed by atoms with van der Waals surface area (Å²) in [6.45, 7) is 1.95. The first-order valence-electron chi connectivity index (χ1n) is 6.01. The third-order valence-corrected chi connectivity index (χ3v) is 3.48. The number of oxime groups is 1. The lowest BCUT2D eigenvalue weighted by Crippen LogP contribution is -2.06. The molecule has 0 atom stereocenters. The van der Waals surface area contributed by atoms with Crippen molar-refractivity contribution in [2.24, 2.45) is 5.16 Å². The molecule has 1 aromatic rings. The zero-order chi connectivity index (χ0) is 14.1. The summed E-state index contributed by atoms with van der Waals surface area (Å²) < 4.78 is 28.3. The highest BCUT2D eigenvalue weighted by molar-refractivity contribution is 7.86. The average molecular weight is 280 g/mol. The molecule has 0 aliphatic rings. The monoisotopic (exact) mass is 280 g/mol. The molecule has 0 spiro atoms. The van der Waals surface area contributed by atoms with Gasteiger partial charge in [0.2, 0.25) is 0 Å². The molecule has 0 heterocycles. The Balaban J connectivity index is 2.79.